The van der Waals surface area contributed by atoms with Crippen LogP contribution in [-0.4, -0.2) is 39.1 Å². The highest BCUT2D eigenvalue weighted by Gasteiger charge is 2.26. The van der Waals surface area contributed by atoms with E-state index in [0.29, 0.717) is 30.5 Å². The van der Waals surface area contributed by atoms with Crippen LogP contribution in [0.4, 0.5) is 0 Å². The van der Waals surface area contributed by atoms with E-state index in [9.17, 15) is 4.79 Å². The number of aromatic nitrogens is 3. The lowest BCUT2D eigenvalue weighted by Crippen LogP contribution is -2.39. The lowest BCUT2D eigenvalue weighted by Gasteiger charge is -2.31. The largest absolute Gasteiger partial charge is 0.425 e. The number of carbonyl (C=O) groups excluding carboxylic acids is 1. The van der Waals surface area contributed by atoms with Gasteiger partial charge < -0.3 is 9.32 Å². The van der Waals surface area contributed by atoms with Gasteiger partial charge >= 0.3 is 0 Å². The summed E-state index contributed by atoms with van der Waals surface area (Å²) < 4.78 is 5.56. The fourth-order valence-corrected chi connectivity index (χ4v) is 3.58. The second kappa shape index (κ2) is 7.21. The number of likely N-dealkylation sites (tertiary alicyclic amines) is 1. The van der Waals surface area contributed by atoms with Gasteiger partial charge in [-0.1, -0.05) is 13.8 Å². The minimum atomic E-state index is 0.163. The fourth-order valence-electron chi connectivity index (χ4n) is 2.81. The van der Waals surface area contributed by atoms with Crippen molar-refractivity contribution in [3.63, 3.8) is 0 Å². The predicted molar refractivity (Wildman–Crippen MR) is 87.4 cm³/mol. The number of carbonyl (C=O) groups is 1. The maximum Gasteiger partial charge on any atom is 0.223 e. The molecule has 23 heavy (non-hydrogen) atoms. The molecule has 1 aliphatic rings. The van der Waals surface area contributed by atoms with E-state index in [-0.39, 0.29) is 11.8 Å². The monoisotopic (exact) mass is 334 g/mol. The summed E-state index contributed by atoms with van der Waals surface area (Å²) in [5.74, 6) is 1.94. The maximum absolute atomic E-state index is 12.4. The number of thiazole rings is 1. The molecule has 1 saturated heterocycles. The van der Waals surface area contributed by atoms with Crippen LogP contribution in [0.5, 0.6) is 0 Å². The third-order valence-electron chi connectivity index (χ3n) is 4.10. The molecule has 0 radical (unpaired) electrons. The fraction of sp³-hybridized carbons (Fsp3) is 0.625. The molecule has 3 rings (SSSR count). The SMILES string of the molecule is CC(C)c1nnc(CCC(=O)N2CCCC(c3nccs3)C2)o1. The van der Waals surface area contributed by atoms with Crippen LogP contribution in [0.2, 0.25) is 0 Å². The first-order valence-electron chi connectivity index (χ1n) is 8.13. The summed E-state index contributed by atoms with van der Waals surface area (Å²) in [6.45, 7) is 5.62. The first kappa shape index (κ1) is 16.1. The van der Waals surface area contributed by atoms with E-state index in [4.69, 9.17) is 4.42 Å². The van der Waals surface area contributed by atoms with Crippen LogP contribution in [0.3, 0.4) is 0 Å². The van der Waals surface area contributed by atoms with Crippen molar-refractivity contribution in [3.05, 3.63) is 28.4 Å². The van der Waals surface area contributed by atoms with Crippen molar-refractivity contribution in [1.29, 1.82) is 0 Å². The van der Waals surface area contributed by atoms with Gasteiger partial charge in [-0.2, -0.15) is 0 Å². The highest BCUT2D eigenvalue weighted by Crippen LogP contribution is 2.28. The van der Waals surface area contributed by atoms with Gasteiger partial charge in [-0.25, -0.2) is 4.98 Å². The number of nitrogens with zero attached hydrogens (tertiary/aromatic N) is 4. The number of piperidine rings is 1. The van der Waals surface area contributed by atoms with Gasteiger partial charge in [-0.3, -0.25) is 4.79 Å². The molecule has 3 heterocycles. The van der Waals surface area contributed by atoms with E-state index in [0.717, 1.165) is 30.9 Å². The van der Waals surface area contributed by atoms with Crippen LogP contribution in [0, 0.1) is 0 Å². The normalized spacial score (nSPS) is 18.6. The van der Waals surface area contributed by atoms with E-state index in [1.165, 1.54) is 0 Å². The van der Waals surface area contributed by atoms with E-state index in [1.54, 1.807) is 11.3 Å². The summed E-state index contributed by atoms with van der Waals surface area (Å²) in [5.41, 5.74) is 0. The molecule has 1 amide bonds. The Kier molecular flexibility index (Phi) is 5.05. The summed E-state index contributed by atoms with van der Waals surface area (Å²) in [5, 5.41) is 11.2. The lowest BCUT2D eigenvalue weighted by atomic mass is 9.98. The second-order valence-corrected chi connectivity index (χ2v) is 7.16. The van der Waals surface area contributed by atoms with Crippen LogP contribution < -0.4 is 0 Å². The molecule has 1 aliphatic heterocycles. The van der Waals surface area contributed by atoms with Gasteiger partial charge in [0.05, 0.1) is 5.01 Å². The smallest absolute Gasteiger partial charge is 0.223 e. The van der Waals surface area contributed by atoms with E-state index in [1.807, 2.05) is 30.3 Å². The number of rotatable bonds is 5. The summed E-state index contributed by atoms with van der Waals surface area (Å²) in [6, 6.07) is 0. The Labute approximate surface area is 139 Å². The number of hydrogen-bond donors (Lipinski definition) is 0. The molecule has 0 aromatic carbocycles. The lowest BCUT2D eigenvalue weighted by molar-refractivity contribution is -0.132. The molecule has 0 spiro atoms. The average molecular weight is 334 g/mol. The molecule has 1 unspecified atom stereocenters. The average Bonchev–Trinajstić information content (AvgIpc) is 3.24. The molecule has 0 saturated carbocycles. The Hall–Kier alpha value is -1.76. The molecule has 2 aromatic rings. The molecule has 1 fully saturated rings. The maximum atomic E-state index is 12.4. The Bertz CT molecular complexity index is 638. The molecule has 0 aliphatic carbocycles. The zero-order valence-corrected chi connectivity index (χ0v) is 14.4. The Balaban J connectivity index is 1.53. The standard InChI is InChI=1S/C16H22N4O2S/c1-11(2)15-19-18-13(22-15)5-6-14(21)20-8-3-4-12(10-20)16-17-7-9-23-16/h7,9,11-12H,3-6,8,10H2,1-2H3. The zero-order chi connectivity index (χ0) is 16.2. The predicted octanol–water partition coefficient (Wildman–Crippen LogP) is 2.99. The van der Waals surface area contributed by atoms with Crippen LogP contribution in [0.1, 0.15) is 61.7 Å². The van der Waals surface area contributed by atoms with Gasteiger partial charge in [-0.15, -0.1) is 21.5 Å². The molecule has 124 valence electrons. The van der Waals surface area contributed by atoms with Crippen LogP contribution in [-0.2, 0) is 11.2 Å². The topological polar surface area (TPSA) is 72.1 Å². The van der Waals surface area contributed by atoms with Gasteiger partial charge in [0.15, 0.2) is 0 Å². The molecule has 1 atom stereocenters. The first-order valence-corrected chi connectivity index (χ1v) is 9.01. The highest BCUT2D eigenvalue weighted by atomic mass is 32.1. The van der Waals surface area contributed by atoms with Crippen molar-refractivity contribution in [1.82, 2.24) is 20.1 Å². The molecule has 6 nitrogen and oxygen atoms in total. The van der Waals surface area contributed by atoms with Crippen LogP contribution >= 0.6 is 11.3 Å². The quantitative estimate of drug-likeness (QED) is 0.840. The summed E-state index contributed by atoms with van der Waals surface area (Å²) in [7, 11) is 0. The highest BCUT2D eigenvalue weighted by molar-refractivity contribution is 7.09. The van der Waals surface area contributed by atoms with E-state index < -0.39 is 0 Å². The third-order valence-corrected chi connectivity index (χ3v) is 5.04. The summed E-state index contributed by atoms with van der Waals surface area (Å²) in [6.07, 6.45) is 4.91. The van der Waals surface area contributed by atoms with Gasteiger partial charge in [0.25, 0.3) is 0 Å². The number of aryl methyl sites for hydroxylation is 1. The van der Waals surface area contributed by atoms with Crippen molar-refractivity contribution >= 4 is 17.2 Å². The number of hydrogen-bond acceptors (Lipinski definition) is 6. The third kappa shape index (κ3) is 3.96. The van der Waals surface area contributed by atoms with Gasteiger partial charge in [0, 0.05) is 49.3 Å². The Morgan fingerprint density at radius 1 is 1.48 bits per heavy atom. The molecule has 7 heteroatoms. The molecular weight excluding hydrogens is 312 g/mol. The molecular formula is C16H22N4O2S. The van der Waals surface area contributed by atoms with Gasteiger partial charge in [-0.05, 0) is 12.8 Å². The number of amides is 1. The van der Waals surface area contributed by atoms with Crippen molar-refractivity contribution in [3.8, 4) is 0 Å². The summed E-state index contributed by atoms with van der Waals surface area (Å²) >= 11 is 1.68. The van der Waals surface area contributed by atoms with E-state index in [2.05, 4.69) is 15.2 Å². The molecule has 0 bridgehead atoms. The van der Waals surface area contributed by atoms with Crippen molar-refractivity contribution in [2.75, 3.05) is 13.1 Å². The van der Waals surface area contributed by atoms with Crippen molar-refractivity contribution < 1.29 is 9.21 Å². The van der Waals surface area contributed by atoms with Crippen LogP contribution in [0.25, 0.3) is 0 Å². The molecule has 2 aromatic heterocycles. The Morgan fingerprint density at radius 2 is 2.35 bits per heavy atom. The molecule has 0 N–H and O–H groups in total. The first-order chi connectivity index (χ1) is 11.1. The minimum absolute atomic E-state index is 0.163. The van der Waals surface area contributed by atoms with Crippen LogP contribution in [0.15, 0.2) is 16.0 Å². The summed E-state index contributed by atoms with van der Waals surface area (Å²) in [4.78, 5) is 18.8. The van der Waals surface area contributed by atoms with Crippen molar-refractivity contribution in [2.45, 2.75) is 51.4 Å². The Morgan fingerprint density at radius 3 is 3.04 bits per heavy atom. The zero-order valence-electron chi connectivity index (χ0n) is 13.6. The second-order valence-electron chi connectivity index (χ2n) is 6.24. The van der Waals surface area contributed by atoms with Gasteiger partial charge in [0.2, 0.25) is 17.7 Å². The van der Waals surface area contributed by atoms with Gasteiger partial charge in [0.1, 0.15) is 0 Å². The minimum Gasteiger partial charge on any atom is -0.425 e. The van der Waals surface area contributed by atoms with E-state index >= 15 is 0 Å². The van der Waals surface area contributed by atoms with Crippen molar-refractivity contribution in [2.24, 2.45) is 0 Å².